The van der Waals surface area contributed by atoms with Crippen molar-refractivity contribution in [3.8, 4) is 5.75 Å². The van der Waals surface area contributed by atoms with Gasteiger partial charge in [-0.1, -0.05) is 30.3 Å². The SMILES string of the molecule is COc1ccc(C(=O)NN=Cc2ccccc2)cc1I. The van der Waals surface area contributed by atoms with Crippen LogP contribution in [0.5, 0.6) is 5.75 Å². The van der Waals surface area contributed by atoms with Crippen molar-refractivity contribution in [1.82, 2.24) is 5.43 Å². The summed E-state index contributed by atoms with van der Waals surface area (Å²) < 4.78 is 6.03. The molecule has 20 heavy (non-hydrogen) atoms. The minimum absolute atomic E-state index is 0.252. The fourth-order valence-corrected chi connectivity index (χ4v) is 2.31. The highest BCUT2D eigenvalue weighted by molar-refractivity contribution is 14.1. The van der Waals surface area contributed by atoms with E-state index in [0.29, 0.717) is 5.56 Å². The molecule has 0 radical (unpaired) electrons. The summed E-state index contributed by atoms with van der Waals surface area (Å²) in [7, 11) is 1.60. The highest BCUT2D eigenvalue weighted by atomic mass is 127. The minimum atomic E-state index is -0.252. The number of carbonyl (C=O) groups excluding carboxylic acids is 1. The summed E-state index contributed by atoms with van der Waals surface area (Å²) in [6, 6.07) is 14.8. The van der Waals surface area contributed by atoms with Gasteiger partial charge in [0.1, 0.15) is 5.75 Å². The van der Waals surface area contributed by atoms with E-state index in [1.807, 2.05) is 30.3 Å². The molecule has 1 amide bonds. The third-order valence-electron chi connectivity index (χ3n) is 2.59. The van der Waals surface area contributed by atoms with E-state index >= 15 is 0 Å². The van der Waals surface area contributed by atoms with Gasteiger partial charge >= 0.3 is 0 Å². The number of carbonyl (C=O) groups is 1. The molecule has 2 aromatic rings. The normalized spacial score (nSPS) is 10.5. The zero-order chi connectivity index (χ0) is 14.4. The van der Waals surface area contributed by atoms with Gasteiger partial charge in [-0.15, -0.1) is 0 Å². The van der Waals surface area contributed by atoms with Crippen LogP contribution in [0.15, 0.2) is 53.6 Å². The summed E-state index contributed by atoms with van der Waals surface area (Å²) in [6.07, 6.45) is 1.60. The highest BCUT2D eigenvalue weighted by Crippen LogP contribution is 2.21. The number of hydrogen-bond donors (Lipinski definition) is 1. The van der Waals surface area contributed by atoms with Gasteiger partial charge < -0.3 is 4.74 Å². The number of benzene rings is 2. The van der Waals surface area contributed by atoms with Crippen molar-refractivity contribution in [2.45, 2.75) is 0 Å². The molecule has 0 bridgehead atoms. The molecule has 0 aliphatic carbocycles. The molecule has 1 N–H and O–H groups in total. The van der Waals surface area contributed by atoms with Gasteiger partial charge in [-0.05, 0) is 46.4 Å². The lowest BCUT2D eigenvalue weighted by Crippen LogP contribution is -2.17. The van der Waals surface area contributed by atoms with Gasteiger partial charge in [0.25, 0.3) is 5.91 Å². The van der Waals surface area contributed by atoms with Crippen LogP contribution in [-0.2, 0) is 0 Å². The molecular formula is C15H13IN2O2. The van der Waals surface area contributed by atoms with Crippen LogP contribution in [0.2, 0.25) is 0 Å². The van der Waals surface area contributed by atoms with E-state index in [-0.39, 0.29) is 5.91 Å². The minimum Gasteiger partial charge on any atom is -0.496 e. The van der Waals surface area contributed by atoms with Crippen LogP contribution in [0, 0.1) is 3.57 Å². The average Bonchev–Trinajstić information content (AvgIpc) is 2.48. The van der Waals surface area contributed by atoms with Crippen molar-refractivity contribution >= 4 is 34.7 Å². The fraction of sp³-hybridized carbons (Fsp3) is 0.0667. The molecule has 0 heterocycles. The van der Waals surface area contributed by atoms with E-state index < -0.39 is 0 Å². The molecule has 102 valence electrons. The van der Waals surface area contributed by atoms with Crippen LogP contribution < -0.4 is 10.2 Å². The first kappa shape index (κ1) is 14.5. The number of amides is 1. The Morgan fingerprint density at radius 3 is 2.65 bits per heavy atom. The Morgan fingerprint density at radius 2 is 2.00 bits per heavy atom. The van der Waals surface area contributed by atoms with Crippen LogP contribution >= 0.6 is 22.6 Å². The number of methoxy groups -OCH3 is 1. The predicted molar refractivity (Wildman–Crippen MR) is 87.2 cm³/mol. The predicted octanol–water partition coefficient (Wildman–Crippen LogP) is 3.06. The molecule has 2 aromatic carbocycles. The number of nitrogens with one attached hydrogen (secondary N) is 1. The number of nitrogens with zero attached hydrogens (tertiary/aromatic N) is 1. The second-order valence-electron chi connectivity index (χ2n) is 3.96. The van der Waals surface area contributed by atoms with Gasteiger partial charge in [-0.25, -0.2) is 5.43 Å². The summed E-state index contributed by atoms with van der Waals surface area (Å²) >= 11 is 2.12. The Hall–Kier alpha value is -1.89. The maximum Gasteiger partial charge on any atom is 0.271 e. The summed E-state index contributed by atoms with van der Waals surface area (Å²) in [5, 5.41) is 3.93. The number of halogens is 1. The molecule has 0 atom stereocenters. The molecule has 0 saturated heterocycles. The number of rotatable bonds is 4. The van der Waals surface area contributed by atoms with Gasteiger partial charge in [0, 0.05) is 5.56 Å². The molecule has 0 aromatic heterocycles. The molecule has 2 rings (SSSR count). The van der Waals surface area contributed by atoms with E-state index in [9.17, 15) is 4.79 Å². The maximum atomic E-state index is 11.9. The third kappa shape index (κ3) is 3.80. The average molecular weight is 380 g/mol. The van der Waals surface area contributed by atoms with Crippen LogP contribution in [0.25, 0.3) is 0 Å². The molecule has 0 aliphatic heterocycles. The molecule has 0 fully saturated rings. The first-order valence-corrected chi connectivity index (χ1v) is 7.00. The summed E-state index contributed by atoms with van der Waals surface area (Å²) in [6.45, 7) is 0. The van der Waals surface area contributed by atoms with Gasteiger partial charge in [-0.2, -0.15) is 5.10 Å². The van der Waals surface area contributed by atoms with Gasteiger partial charge in [-0.3, -0.25) is 4.79 Å². The lowest BCUT2D eigenvalue weighted by Gasteiger charge is -2.05. The number of hydrazone groups is 1. The Balaban J connectivity index is 2.02. The second kappa shape index (κ2) is 7.04. The van der Waals surface area contributed by atoms with Crippen molar-refractivity contribution in [1.29, 1.82) is 0 Å². The lowest BCUT2D eigenvalue weighted by molar-refractivity contribution is 0.0955. The van der Waals surface area contributed by atoms with Gasteiger partial charge in [0.05, 0.1) is 16.9 Å². The smallest absolute Gasteiger partial charge is 0.271 e. The summed E-state index contributed by atoms with van der Waals surface area (Å²) in [5.41, 5.74) is 3.97. The number of ether oxygens (including phenoxy) is 1. The lowest BCUT2D eigenvalue weighted by atomic mass is 10.2. The van der Waals surface area contributed by atoms with Crippen LogP contribution in [0.1, 0.15) is 15.9 Å². The molecule has 4 nitrogen and oxygen atoms in total. The second-order valence-corrected chi connectivity index (χ2v) is 5.12. The Labute approximate surface area is 131 Å². The summed E-state index contributed by atoms with van der Waals surface area (Å²) in [5.74, 6) is 0.493. The highest BCUT2D eigenvalue weighted by Gasteiger charge is 2.07. The molecule has 0 aliphatic rings. The summed E-state index contributed by atoms with van der Waals surface area (Å²) in [4.78, 5) is 11.9. The Morgan fingerprint density at radius 1 is 1.25 bits per heavy atom. The van der Waals surface area contributed by atoms with Crippen molar-refractivity contribution in [3.63, 3.8) is 0 Å². The molecule has 0 spiro atoms. The standard InChI is InChI=1S/C15H13IN2O2/c1-20-14-8-7-12(9-13(14)16)15(19)18-17-10-11-5-3-2-4-6-11/h2-10H,1H3,(H,18,19). The van der Waals surface area contributed by atoms with Gasteiger partial charge in [0.2, 0.25) is 0 Å². The van der Waals surface area contributed by atoms with Crippen molar-refractivity contribution in [2.75, 3.05) is 7.11 Å². The molecule has 0 unspecified atom stereocenters. The molecule has 5 heteroatoms. The van der Waals surface area contributed by atoms with E-state index in [1.54, 1.807) is 31.5 Å². The van der Waals surface area contributed by atoms with E-state index in [1.165, 1.54) is 0 Å². The molecular weight excluding hydrogens is 367 g/mol. The molecule has 0 saturated carbocycles. The van der Waals surface area contributed by atoms with Crippen molar-refractivity contribution < 1.29 is 9.53 Å². The van der Waals surface area contributed by atoms with E-state index in [0.717, 1.165) is 14.9 Å². The monoisotopic (exact) mass is 380 g/mol. The van der Waals surface area contributed by atoms with Gasteiger partial charge in [0.15, 0.2) is 0 Å². The first-order chi connectivity index (χ1) is 9.70. The van der Waals surface area contributed by atoms with Crippen molar-refractivity contribution in [3.05, 3.63) is 63.2 Å². The Bertz CT molecular complexity index is 627. The number of hydrogen-bond acceptors (Lipinski definition) is 3. The van der Waals surface area contributed by atoms with E-state index in [2.05, 4.69) is 33.1 Å². The first-order valence-electron chi connectivity index (χ1n) is 5.92. The zero-order valence-corrected chi connectivity index (χ0v) is 13.0. The fourth-order valence-electron chi connectivity index (χ4n) is 1.58. The largest absolute Gasteiger partial charge is 0.496 e. The van der Waals surface area contributed by atoms with E-state index in [4.69, 9.17) is 4.74 Å². The van der Waals surface area contributed by atoms with Crippen LogP contribution in [0.3, 0.4) is 0 Å². The Kier molecular flexibility index (Phi) is 5.11. The van der Waals surface area contributed by atoms with Crippen molar-refractivity contribution in [2.24, 2.45) is 5.10 Å². The topological polar surface area (TPSA) is 50.7 Å². The zero-order valence-electron chi connectivity index (χ0n) is 10.8. The van der Waals surface area contributed by atoms with Crippen LogP contribution in [0.4, 0.5) is 0 Å². The van der Waals surface area contributed by atoms with Crippen LogP contribution in [-0.4, -0.2) is 19.2 Å². The quantitative estimate of drug-likeness (QED) is 0.504. The maximum absolute atomic E-state index is 11.9. The third-order valence-corrected chi connectivity index (χ3v) is 3.44.